The zero-order valence-corrected chi connectivity index (χ0v) is 11.8. The second-order valence-corrected chi connectivity index (χ2v) is 7.40. The lowest BCUT2D eigenvalue weighted by Gasteiger charge is -2.57. The number of anilines is 2. The van der Waals surface area contributed by atoms with E-state index in [0.717, 1.165) is 23.4 Å². The van der Waals surface area contributed by atoms with Crippen molar-refractivity contribution in [3.05, 3.63) is 23.8 Å². The number of nitrogens with one attached hydrogen (secondary N) is 1. The molecule has 2 nitrogen and oxygen atoms in total. The molecule has 0 saturated heterocycles. The first-order valence-electron chi connectivity index (χ1n) is 7.76. The first kappa shape index (κ1) is 11.6. The average molecular weight is 256 g/mol. The third kappa shape index (κ3) is 1.92. The molecule has 4 fully saturated rings. The molecule has 0 unspecified atom stereocenters. The predicted octanol–water partition coefficient (Wildman–Crippen LogP) is 3.96. The van der Waals surface area contributed by atoms with E-state index in [-0.39, 0.29) is 0 Å². The van der Waals surface area contributed by atoms with Crippen LogP contribution < -0.4 is 11.1 Å². The summed E-state index contributed by atoms with van der Waals surface area (Å²) < 4.78 is 0. The molecular weight excluding hydrogens is 232 g/mol. The number of hydrogen-bond donors (Lipinski definition) is 2. The Kier molecular flexibility index (Phi) is 2.39. The molecule has 4 aliphatic carbocycles. The van der Waals surface area contributed by atoms with E-state index in [4.69, 9.17) is 5.73 Å². The highest BCUT2D eigenvalue weighted by Crippen LogP contribution is 2.56. The van der Waals surface area contributed by atoms with Crippen molar-refractivity contribution in [1.82, 2.24) is 0 Å². The molecule has 0 spiro atoms. The molecule has 4 bridgehead atoms. The van der Waals surface area contributed by atoms with Crippen LogP contribution >= 0.6 is 0 Å². The van der Waals surface area contributed by atoms with Gasteiger partial charge >= 0.3 is 0 Å². The molecule has 4 aliphatic rings. The molecule has 0 amide bonds. The zero-order valence-electron chi connectivity index (χ0n) is 11.8. The number of aryl methyl sites for hydroxylation is 1. The molecule has 0 atom stereocenters. The summed E-state index contributed by atoms with van der Waals surface area (Å²) in [7, 11) is 0. The van der Waals surface area contributed by atoms with Crippen LogP contribution in [0.15, 0.2) is 18.2 Å². The van der Waals surface area contributed by atoms with Gasteiger partial charge in [0.1, 0.15) is 0 Å². The van der Waals surface area contributed by atoms with Crippen LogP contribution in [-0.4, -0.2) is 5.54 Å². The van der Waals surface area contributed by atoms with Gasteiger partial charge in [-0.05, 0) is 80.9 Å². The first-order valence-corrected chi connectivity index (χ1v) is 7.76. The Morgan fingerprint density at radius 1 is 1.05 bits per heavy atom. The summed E-state index contributed by atoms with van der Waals surface area (Å²) in [5, 5.41) is 3.92. The maximum absolute atomic E-state index is 5.95. The van der Waals surface area contributed by atoms with Crippen LogP contribution in [-0.2, 0) is 0 Å². The van der Waals surface area contributed by atoms with Crippen LogP contribution in [0.4, 0.5) is 11.4 Å². The number of rotatable bonds is 2. The summed E-state index contributed by atoms with van der Waals surface area (Å²) in [6.07, 6.45) is 8.64. The number of nitrogens with two attached hydrogens (primary N) is 1. The maximum atomic E-state index is 5.95. The highest BCUT2D eigenvalue weighted by Gasteiger charge is 2.50. The topological polar surface area (TPSA) is 38.0 Å². The minimum absolute atomic E-state index is 0.382. The number of hydrogen-bond acceptors (Lipinski definition) is 2. The third-order valence-corrected chi connectivity index (χ3v) is 5.70. The largest absolute Gasteiger partial charge is 0.399 e. The molecule has 5 rings (SSSR count). The molecule has 4 saturated carbocycles. The monoisotopic (exact) mass is 256 g/mol. The van der Waals surface area contributed by atoms with Gasteiger partial charge in [-0.1, -0.05) is 6.07 Å². The Labute approximate surface area is 115 Å². The van der Waals surface area contributed by atoms with Crippen LogP contribution in [0.2, 0.25) is 0 Å². The minimum atomic E-state index is 0.382. The smallest absolute Gasteiger partial charge is 0.0394 e. The Hall–Kier alpha value is -1.18. The molecule has 0 aliphatic heterocycles. The summed E-state index contributed by atoms with van der Waals surface area (Å²) in [6.45, 7) is 2.18. The van der Waals surface area contributed by atoms with E-state index in [0.29, 0.717) is 5.54 Å². The van der Waals surface area contributed by atoms with Crippen LogP contribution in [0.3, 0.4) is 0 Å². The van der Waals surface area contributed by atoms with E-state index in [2.05, 4.69) is 24.4 Å². The van der Waals surface area contributed by atoms with E-state index in [1.165, 1.54) is 49.8 Å². The first-order chi connectivity index (χ1) is 9.12. The molecule has 1 aromatic rings. The van der Waals surface area contributed by atoms with Crippen LogP contribution in [0.1, 0.15) is 44.1 Å². The summed E-state index contributed by atoms with van der Waals surface area (Å²) >= 11 is 0. The highest BCUT2D eigenvalue weighted by atomic mass is 15.0. The van der Waals surface area contributed by atoms with E-state index in [1.807, 2.05) is 6.07 Å². The Morgan fingerprint density at radius 3 is 2.21 bits per heavy atom. The van der Waals surface area contributed by atoms with Crippen LogP contribution in [0.25, 0.3) is 0 Å². The van der Waals surface area contributed by atoms with Gasteiger partial charge in [-0.15, -0.1) is 0 Å². The molecule has 19 heavy (non-hydrogen) atoms. The molecule has 2 heteroatoms. The van der Waals surface area contributed by atoms with Crippen molar-refractivity contribution in [2.45, 2.75) is 51.0 Å². The summed E-state index contributed by atoms with van der Waals surface area (Å²) in [6, 6.07) is 6.26. The van der Waals surface area contributed by atoms with Crippen molar-refractivity contribution in [3.63, 3.8) is 0 Å². The third-order valence-electron chi connectivity index (χ3n) is 5.70. The zero-order chi connectivity index (χ0) is 13.0. The fourth-order valence-electron chi connectivity index (χ4n) is 5.32. The van der Waals surface area contributed by atoms with Crippen molar-refractivity contribution in [1.29, 1.82) is 0 Å². The van der Waals surface area contributed by atoms with E-state index in [1.54, 1.807) is 0 Å². The van der Waals surface area contributed by atoms with Gasteiger partial charge in [0.05, 0.1) is 0 Å². The van der Waals surface area contributed by atoms with Crippen molar-refractivity contribution in [2.24, 2.45) is 17.8 Å². The van der Waals surface area contributed by atoms with Gasteiger partial charge in [0.25, 0.3) is 0 Å². The van der Waals surface area contributed by atoms with Crippen LogP contribution in [0.5, 0.6) is 0 Å². The van der Waals surface area contributed by atoms with E-state index in [9.17, 15) is 0 Å². The van der Waals surface area contributed by atoms with Gasteiger partial charge in [0.2, 0.25) is 0 Å². The second-order valence-electron chi connectivity index (χ2n) is 7.40. The van der Waals surface area contributed by atoms with Gasteiger partial charge in [0, 0.05) is 16.9 Å². The van der Waals surface area contributed by atoms with Crippen molar-refractivity contribution >= 4 is 11.4 Å². The molecule has 1 aromatic carbocycles. The van der Waals surface area contributed by atoms with Gasteiger partial charge in [-0.2, -0.15) is 0 Å². The SMILES string of the molecule is Cc1ccc(N)cc1NC12CC3CC(CC(C3)C1)C2. The minimum Gasteiger partial charge on any atom is -0.399 e. The molecule has 102 valence electrons. The molecule has 3 N–H and O–H groups in total. The Bertz CT molecular complexity index is 471. The predicted molar refractivity (Wildman–Crippen MR) is 80.1 cm³/mol. The standard InChI is InChI=1S/C17H24N2/c1-11-2-3-15(18)7-16(11)19-17-8-12-4-13(9-17)6-14(5-12)10-17/h2-3,7,12-14,19H,4-6,8-10,18H2,1H3. The fraction of sp³-hybridized carbons (Fsp3) is 0.647. The van der Waals surface area contributed by atoms with Gasteiger partial charge in [-0.25, -0.2) is 0 Å². The van der Waals surface area contributed by atoms with Gasteiger partial charge in [-0.3, -0.25) is 0 Å². The molecule has 0 radical (unpaired) electrons. The van der Waals surface area contributed by atoms with E-state index >= 15 is 0 Å². The van der Waals surface area contributed by atoms with Crippen molar-refractivity contribution < 1.29 is 0 Å². The summed E-state index contributed by atoms with van der Waals surface area (Å²) in [5.74, 6) is 2.96. The van der Waals surface area contributed by atoms with Gasteiger partial charge in [0.15, 0.2) is 0 Å². The Balaban J connectivity index is 1.64. The van der Waals surface area contributed by atoms with Crippen molar-refractivity contribution in [3.8, 4) is 0 Å². The second kappa shape index (κ2) is 3.91. The number of nitrogen functional groups attached to an aromatic ring is 1. The lowest BCUT2D eigenvalue weighted by atomic mass is 9.53. The average Bonchev–Trinajstić information content (AvgIpc) is 2.31. The molecule has 0 aromatic heterocycles. The summed E-state index contributed by atoms with van der Waals surface area (Å²) in [5.41, 5.74) is 9.80. The molecular formula is C17H24N2. The van der Waals surface area contributed by atoms with E-state index < -0.39 is 0 Å². The lowest BCUT2D eigenvalue weighted by molar-refractivity contribution is 0.0107. The number of benzene rings is 1. The fourth-order valence-corrected chi connectivity index (χ4v) is 5.32. The Morgan fingerprint density at radius 2 is 1.63 bits per heavy atom. The highest BCUT2D eigenvalue weighted by molar-refractivity contribution is 5.60. The normalized spacial score (nSPS) is 39.5. The summed E-state index contributed by atoms with van der Waals surface area (Å²) in [4.78, 5) is 0. The molecule has 0 heterocycles. The maximum Gasteiger partial charge on any atom is 0.0394 e. The van der Waals surface area contributed by atoms with Crippen molar-refractivity contribution in [2.75, 3.05) is 11.1 Å². The lowest BCUT2D eigenvalue weighted by Crippen LogP contribution is -2.54. The van der Waals surface area contributed by atoms with Crippen LogP contribution in [0, 0.1) is 24.7 Å². The van der Waals surface area contributed by atoms with Gasteiger partial charge < -0.3 is 11.1 Å². The quantitative estimate of drug-likeness (QED) is 0.786.